The Labute approximate surface area is 138 Å². The third-order valence-corrected chi connectivity index (χ3v) is 5.73. The van der Waals surface area contributed by atoms with Gasteiger partial charge < -0.3 is 5.32 Å². The molecule has 0 amide bonds. The molecule has 0 fully saturated rings. The summed E-state index contributed by atoms with van der Waals surface area (Å²) in [5, 5.41) is 3.49. The first kappa shape index (κ1) is 16.7. The highest BCUT2D eigenvalue weighted by Crippen LogP contribution is 2.36. The van der Waals surface area contributed by atoms with E-state index in [4.69, 9.17) is 0 Å². The maximum atomic E-state index is 14.5. The van der Waals surface area contributed by atoms with Gasteiger partial charge >= 0.3 is 0 Å². The van der Waals surface area contributed by atoms with Gasteiger partial charge in [-0.15, -0.1) is 11.3 Å². The monoisotopic (exact) mass is 369 g/mol. The lowest BCUT2D eigenvalue weighted by molar-refractivity contribution is 0.547. The maximum absolute atomic E-state index is 14.5. The Bertz CT molecular complexity index is 593. The van der Waals surface area contributed by atoms with Crippen molar-refractivity contribution in [3.05, 3.63) is 54.9 Å². The second-order valence-electron chi connectivity index (χ2n) is 5.47. The largest absolute Gasteiger partial charge is 0.305 e. The van der Waals surface area contributed by atoms with E-state index in [2.05, 4.69) is 47.2 Å². The van der Waals surface area contributed by atoms with Crippen LogP contribution < -0.4 is 5.32 Å². The summed E-state index contributed by atoms with van der Waals surface area (Å²) in [5.41, 5.74) is 3.93. The molecule has 0 saturated carbocycles. The van der Waals surface area contributed by atoms with E-state index in [9.17, 15) is 4.39 Å². The lowest BCUT2D eigenvalue weighted by Gasteiger charge is -2.21. The molecule has 114 valence electrons. The normalized spacial score (nSPS) is 12.7. The molecule has 0 aliphatic heterocycles. The number of hydrogen-bond acceptors (Lipinski definition) is 2. The predicted molar refractivity (Wildman–Crippen MR) is 92.8 cm³/mol. The van der Waals surface area contributed by atoms with Crippen molar-refractivity contribution in [3.63, 3.8) is 0 Å². The molecule has 2 rings (SSSR count). The van der Waals surface area contributed by atoms with Gasteiger partial charge in [0.25, 0.3) is 0 Å². The van der Waals surface area contributed by atoms with Crippen LogP contribution in [0.2, 0.25) is 0 Å². The molecule has 21 heavy (non-hydrogen) atoms. The fraction of sp³-hybridized carbons (Fsp3) is 0.412. The van der Waals surface area contributed by atoms with Crippen LogP contribution in [-0.2, 0) is 0 Å². The first-order valence-electron chi connectivity index (χ1n) is 7.19. The lowest BCUT2D eigenvalue weighted by Crippen LogP contribution is -2.24. The van der Waals surface area contributed by atoms with Gasteiger partial charge in [0, 0.05) is 10.4 Å². The van der Waals surface area contributed by atoms with Gasteiger partial charge in [-0.05, 0) is 78.5 Å². The van der Waals surface area contributed by atoms with Gasteiger partial charge in [-0.2, -0.15) is 0 Å². The average Bonchev–Trinajstić information content (AvgIpc) is 2.72. The van der Waals surface area contributed by atoms with Crippen molar-refractivity contribution in [2.24, 2.45) is 0 Å². The fourth-order valence-electron chi connectivity index (χ4n) is 2.55. The minimum absolute atomic E-state index is 0.0828. The predicted octanol–water partition coefficient (Wildman–Crippen LogP) is 5.66. The quantitative estimate of drug-likeness (QED) is 0.716. The molecule has 1 N–H and O–H groups in total. The fourth-order valence-corrected chi connectivity index (χ4v) is 4.21. The minimum Gasteiger partial charge on any atom is -0.305 e. The van der Waals surface area contributed by atoms with E-state index >= 15 is 0 Å². The standard InChI is InChI=1S/C17H21BrFNS/c1-5-6-20-16(14-9-12(4)17(18)21-14)15-11(3)7-10(2)8-13(15)19/h7-9,16,20H,5-6H2,1-4H3. The number of nitrogens with one attached hydrogen (secondary N) is 1. The highest BCUT2D eigenvalue weighted by Gasteiger charge is 2.22. The number of rotatable bonds is 5. The molecule has 0 saturated heterocycles. The average molecular weight is 370 g/mol. The van der Waals surface area contributed by atoms with Crippen LogP contribution in [0.3, 0.4) is 0 Å². The van der Waals surface area contributed by atoms with Gasteiger partial charge in [-0.1, -0.05) is 13.0 Å². The molecule has 0 bridgehead atoms. The molecule has 2 aromatic rings. The van der Waals surface area contributed by atoms with Crippen molar-refractivity contribution in [1.82, 2.24) is 5.32 Å². The maximum Gasteiger partial charge on any atom is 0.128 e. The summed E-state index contributed by atoms with van der Waals surface area (Å²) in [6, 6.07) is 5.73. The summed E-state index contributed by atoms with van der Waals surface area (Å²) in [6.45, 7) is 8.98. The molecule has 4 heteroatoms. The number of aryl methyl sites for hydroxylation is 3. The van der Waals surface area contributed by atoms with Gasteiger partial charge in [0.1, 0.15) is 5.82 Å². The highest BCUT2D eigenvalue weighted by atomic mass is 79.9. The van der Waals surface area contributed by atoms with Crippen LogP contribution in [0.1, 0.15) is 46.5 Å². The molecule has 0 aliphatic carbocycles. The molecule has 1 heterocycles. The van der Waals surface area contributed by atoms with Crippen molar-refractivity contribution >= 4 is 27.3 Å². The third-order valence-electron chi connectivity index (χ3n) is 3.53. The summed E-state index contributed by atoms with van der Waals surface area (Å²) >= 11 is 5.25. The van der Waals surface area contributed by atoms with Gasteiger partial charge in [-0.25, -0.2) is 4.39 Å². The van der Waals surface area contributed by atoms with E-state index < -0.39 is 0 Å². The zero-order valence-electron chi connectivity index (χ0n) is 12.9. The molecule has 1 unspecified atom stereocenters. The van der Waals surface area contributed by atoms with Gasteiger partial charge in [0.15, 0.2) is 0 Å². The zero-order valence-corrected chi connectivity index (χ0v) is 15.3. The van der Waals surface area contributed by atoms with Gasteiger partial charge in [0.05, 0.1) is 9.83 Å². The first-order chi connectivity index (χ1) is 9.93. The van der Waals surface area contributed by atoms with E-state index in [1.165, 1.54) is 5.56 Å². The molecule has 1 nitrogen and oxygen atoms in total. The van der Waals surface area contributed by atoms with Crippen LogP contribution in [0.15, 0.2) is 22.0 Å². The second kappa shape index (κ2) is 7.03. The van der Waals surface area contributed by atoms with Gasteiger partial charge in [0.2, 0.25) is 0 Å². The lowest BCUT2D eigenvalue weighted by atomic mass is 9.97. The van der Waals surface area contributed by atoms with Crippen LogP contribution in [0.4, 0.5) is 4.39 Å². The van der Waals surface area contributed by atoms with Crippen molar-refractivity contribution in [1.29, 1.82) is 0 Å². The Morgan fingerprint density at radius 1 is 1.19 bits per heavy atom. The summed E-state index contributed by atoms with van der Waals surface area (Å²) in [6.07, 6.45) is 1.02. The van der Waals surface area contributed by atoms with Crippen molar-refractivity contribution < 1.29 is 4.39 Å². The SMILES string of the molecule is CCCNC(c1cc(C)c(Br)s1)c1c(C)cc(C)cc1F. The Hall–Kier alpha value is -0.710. The third kappa shape index (κ3) is 3.74. The second-order valence-corrected chi connectivity index (χ2v) is 7.87. The zero-order chi connectivity index (χ0) is 15.6. The molecular formula is C17H21BrFNS. The van der Waals surface area contributed by atoms with Crippen LogP contribution >= 0.6 is 27.3 Å². The van der Waals surface area contributed by atoms with Crippen molar-refractivity contribution in [2.45, 2.75) is 40.2 Å². The number of hydrogen-bond donors (Lipinski definition) is 1. The van der Waals surface area contributed by atoms with Crippen LogP contribution in [0.5, 0.6) is 0 Å². The Morgan fingerprint density at radius 2 is 1.90 bits per heavy atom. The number of thiophene rings is 1. The first-order valence-corrected chi connectivity index (χ1v) is 8.80. The molecule has 0 aliphatic rings. The molecule has 1 atom stereocenters. The number of halogens is 2. The van der Waals surface area contributed by atoms with Crippen LogP contribution in [0, 0.1) is 26.6 Å². The summed E-state index contributed by atoms with van der Waals surface area (Å²) in [7, 11) is 0. The van der Waals surface area contributed by atoms with Gasteiger partial charge in [-0.3, -0.25) is 0 Å². The van der Waals surface area contributed by atoms with E-state index in [0.717, 1.165) is 38.3 Å². The van der Waals surface area contributed by atoms with E-state index in [-0.39, 0.29) is 11.9 Å². The Morgan fingerprint density at radius 3 is 2.43 bits per heavy atom. The summed E-state index contributed by atoms with van der Waals surface area (Å²) in [4.78, 5) is 1.15. The summed E-state index contributed by atoms with van der Waals surface area (Å²) < 4.78 is 15.7. The highest BCUT2D eigenvalue weighted by molar-refractivity contribution is 9.11. The van der Waals surface area contributed by atoms with Crippen molar-refractivity contribution in [2.75, 3.05) is 6.54 Å². The number of benzene rings is 1. The van der Waals surface area contributed by atoms with Crippen LogP contribution in [0.25, 0.3) is 0 Å². The van der Waals surface area contributed by atoms with Crippen molar-refractivity contribution in [3.8, 4) is 0 Å². The molecule has 1 aromatic heterocycles. The smallest absolute Gasteiger partial charge is 0.128 e. The van der Waals surface area contributed by atoms with E-state index in [1.807, 2.05) is 13.8 Å². The Kier molecular flexibility index (Phi) is 5.58. The molecule has 0 spiro atoms. The molecule has 0 radical (unpaired) electrons. The van der Waals surface area contributed by atoms with E-state index in [0.29, 0.717) is 0 Å². The minimum atomic E-state index is -0.122. The Balaban J connectivity index is 2.50. The molecular weight excluding hydrogens is 349 g/mol. The van der Waals surface area contributed by atoms with E-state index in [1.54, 1.807) is 17.4 Å². The molecule has 1 aromatic carbocycles. The van der Waals surface area contributed by atoms with Crippen LogP contribution in [-0.4, -0.2) is 6.54 Å². The summed E-state index contributed by atoms with van der Waals surface area (Å²) in [5.74, 6) is -0.122. The topological polar surface area (TPSA) is 12.0 Å².